The van der Waals surface area contributed by atoms with Gasteiger partial charge < -0.3 is 14.4 Å². The standard InChI is InChI=1S/C29H31N3O3/c1-21(2)28(33)31(19-23-13-7-5-8-14-23)20-25-22(3)30-32(24-15-9-6-10-16-24)29(25)35-27-18-12-11-17-26(27)34-4/h5-18,21H,19-20H2,1-4H3. The van der Waals surface area contributed by atoms with Crippen molar-refractivity contribution in [3.8, 4) is 23.1 Å². The fourth-order valence-corrected chi connectivity index (χ4v) is 3.95. The van der Waals surface area contributed by atoms with E-state index in [-0.39, 0.29) is 11.8 Å². The number of methoxy groups -OCH3 is 1. The van der Waals surface area contributed by atoms with E-state index in [4.69, 9.17) is 14.6 Å². The molecule has 0 saturated carbocycles. The van der Waals surface area contributed by atoms with Gasteiger partial charge >= 0.3 is 0 Å². The SMILES string of the molecule is COc1ccccc1Oc1c(CN(Cc2ccccc2)C(=O)C(C)C)c(C)nn1-c1ccccc1. The van der Waals surface area contributed by atoms with Crippen LogP contribution in [0.15, 0.2) is 84.9 Å². The van der Waals surface area contributed by atoms with Crippen molar-refractivity contribution in [2.45, 2.75) is 33.9 Å². The van der Waals surface area contributed by atoms with Gasteiger partial charge in [-0.1, -0.05) is 74.5 Å². The average molecular weight is 470 g/mol. The summed E-state index contributed by atoms with van der Waals surface area (Å²) in [5, 5.41) is 4.81. The molecule has 6 nitrogen and oxygen atoms in total. The Bertz CT molecular complexity index is 1270. The van der Waals surface area contributed by atoms with Gasteiger partial charge in [-0.05, 0) is 36.8 Å². The highest BCUT2D eigenvalue weighted by Gasteiger charge is 2.25. The molecule has 4 rings (SSSR count). The average Bonchev–Trinajstić information content (AvgIpc) is 3.19. The number of ether oxygens (including phenoxy) is 2. The summed E-state index contributed by atoms with van der Waals surface area (Å²) < 4.78 is 13.8. The molecular weight excluding hydrogens is 438 g/mol. The van der Waals surface area contributed by atoms with Crippen molar-refractivity contribution in [1.29, 1.82) is 0 Å². The first-order chi connectivity index (χ1) is 17.0. The highest BCUT2D eigenvalue weighted by molar-refractivity contribution is 5.78. The Kier molecular flexibility index (Phi) is 7.51. The van der Waals surface area contributed by atoms with Crippen molar-refractivity contribution >= 4 is 5.91 Å². The second kappa shape index (κ2) is 10.9. The van der Waals surface area contributed by atoms with Gasteiger partial charge in [0.25, 0.3) is 0 Å². The van der Waals surface area contributed by atoms with Crippen LogP contribution < -0.4 is 9.47 Å². The van der Waals surface area contributed by atoms with E-state index in [1.807, 2.05) is 111 Å². The minimum atomic E-state index is -0.137. The molecule has 0 fully saturated rings. The first-order valence-electron chi connectivity index (χ1n) is 11.8. The highest BCUT2D eigenvalue weighted by atomic mass is 16.5. The molecule has 0 N–H and O–H groups in total. The zero-order valence-electron chi connectivity index (χ0n) is 20.6. The molecule has 1 amide bonds. The van der Waals surface area contributed by atoms with Gasteiger partial charge in [0.15, 0.2) is 11.5 Å². The quantitative estimate of drug-likeness (QED) is 0.294. The molecule has 0 radical (unpaired) electrons. The van der Waals surface area contributed by atoms with Gasteiger partial charge in [-0.2, -0.15) is 5.10 Å². The van der Waals surface area contributed by atoms with Crippen molar-refractivity contribution in [3.63, 3.8) is 0 Å². The van der Waals surface area contributed by atoms with E-state index >= 15 is 0 Å². The number of nitrogens with zero attached hydrogens (tertiary/aromatic N) is 3. The van der Waals surface area contributed by atoms with E-state index in [1.165, 1.54) is 0 Å². The highest BCUT2D eigenvalue weighted by Crippen LogP contribution is 2.36. The zero-order chi connectivity index (χ0) is 24.8. The van der Waals surface area contributed by atoms with Crippen LogP contribution in [0, 0.1) is 12.8 Å². The number of carbonyl (C=O) groups excluding carboxylic acids is 1. The third-order valence-electron chi connectivity index (χ3n) is 5.78. The minimum absolute atomic E-state index is 0.0731. The van der Waals surface area contributed by atoms with Crippen LogP contribution in [-0.2, 0) is 17.9 Å². The minimum Gasteiger partial charge on any atom is -0.493 e. The lowest BCUT2D eigenvalue weighted by atomic mass is 10.1. The smallest absolute Gasteiger partial charge is 0.228 e. The number of amides is 1. The monoisotopic (exact) mass is 469 g/mol. The van der Waals surface area contributed by atoms with Gasteiger partial charge in [0.1, 0.15) is 0 Å². The number of hydrogen-bond donors (Lipinski definition) is 0. The number of benzene rings is 3. The van der Waals surface area contributed by atoms with Crippen LogP contribution in [0.1, 0.15) is 30.7 Å². The van der Waals surface area contributed by atoms with E-state index in [0.717, 1.165) is 22.5 Å². The zero-order valence-corrected chi connectivity index (χ0v) is 20.6. The molecule has 0 atom stereocenters. The summed E-state index contributed by atoms with van der Waals surface area (Å²) in [4.78, 5) is 15.1. The van der Waals surface area contributed by atoms with E-state index < -0.39 is 0 Å². The Hall–Kier alpha value is -4.06. The Labute approximate surface area is 206 Å². The van der Waals surface area contributed by atoms with Gasteiger partial charge in [0.05, 0.1) is 30.6 Å². The third kappa shape index (κ3) is 5.54. The van der Waals surface area contributed by atoms with Crippen LogP contribution >= 0.6 is 0 Å². The van der Waals surface area contributed by atoms with Crippen molar-refractivity contribution in [2.24, 2.45) is 5.92 Å². The molecule has 180 valence electrons. The number of para-hydroxylation sites is 3. The van der Waals surface area contributed by atoms with E-state index in [9.17, 15) is 4.79 Å². The Morgan fingerprint density at radius 2 is 1.49 bits per heavy atom. The largest absolute Gasteiger partial charge is 0.493 e. The van der Waals surface area contributed by atoms with Gasteiger partial charge in [-0.15, -0.1) is 0 Å². The number of rotatable bonds is 9. The molecule has 1 heterocycles. The van der Waals surface area contributed by atoms with Gasteiger partial charge in [0.2, 0.25) is 11.8 Å². The molecule has 0 aliphatic rings. The molecule has 4 aromatic rings. The van der Waals surface area contributed by atoms with Crippen LogP contribution in [-0.4, -0.2) is 27.7 Å². The lowest BCUT2D eigenvalue weighted by Crippen LogP contribution is -2.33. The second-order valence-electron chi connectivity index (χ2n) is 8.70. The van der Waals surface area contributed by atoms with Crippen molar-refractivity contribution in [3.05, 3.63) is 102 Å². The first kappa shape index (κ1) is 24.1. The maximum atomic E-state index is 13.2. The van der Waals surface area contributed by atoms with E-state index in [1.54, 1.807) is 11.8 Å². The predicted molar refractivity (Wildman–Crippen MR) is 137 cm³/mol. The van der Waals surface area contributed by atoms with Crippen LogP contribution in [0.25, 0.3) is 5.69 Å². The molecule has 0 unspecified atom stereocenters. The summed E-state index contributed by atoms with van der Waals surface area (Å²) in [5.41, 5.74) is 3.59. The molecule has 0 saturated heterocycles. The summed E-state index contributed by atoms with van der Waals surface area (Å²) in [5.74, 6) is 1.70. The van der Waals surface area contributed by atoms with Crippen molar-refractivity contribution < 1.29 is 14.3 Å². The fourth-order valence-electron chi connectivity index (χ4n) is 3.95. The van der Waals surface area contributed by atoms with Gasteiger partial charge in [-0.3, -0.25) is 4.79 Å². The number of carbonyl (C=O) groups is 1. The topological polar surface area (TPSA) is 56.6 Å². The maximum absolute atomic E-state index is 13.2. The lowest BCUT2D eigenvalue weighted by molar-refractivity contribution is -0.135. The molecule has 3 aromatic carbocycles. The number of hydrogen-bond acceptors (Lipinski definition) is 4. The number of aromatic nitrogens is 2. The molecule has 0 bridgehead atoms. The molecule has 0 aliphatic carbocycles. The van der Waals surface area contributed by atoms with Crippen molar-refractivity contribution in [1.82, 2.24) is 14.7 Å². The van der Waals surface area contributed by atoms with E-state index in [2.05, 4.69) is 0 Å². The van der Waals surface area contributed by atoms with Crippen LogP contribution in [0.4, 0.5) is 0 Å². The second-order valence-corrected chi connectivity index (χ2v) is 8.70. The summed E-state index contributed by atoms with van der Waals surface area (Å²) in [6.45, 7) is 6.67. The summed E-state index contributed by atoms with van der Waals surface area (Å²) in [7, 11) is 1.62. The Morgan fingerprint density at radius 1 is 0.886 bits per heavy atom. The number of aryl methyl sites for hydroxylation is 1. The Balaban J connectivity index is 1.79. The van der Waals surface area contributed by atoms with Gasteiger partial charge in [-0.25, -0.2) is 4.68 Å². The molecule has 0 spiro atoms. The normalized spacial score (nSPS) is 10.9. The molecule has 6 heteroatoms. The summed E-state index contributed by atoms with van der Waals surface area (Å²) in [6, 6.07) is 27.4. The third-order valence-corrected chi connectivity index (χ3v) is 5.78. The van der Waals surface area contributed by atoms with Crippen LogP contribution in [0.5, 0.6) is 17.4 Å². The first-order valence-corrected chi connectivity index (χ1v) is 11.8. The van der Waals surface area contributed by atoms with Gasteiger partial charge in [0, 0.05) is 12.5 Å². The summed E-state index contributed by atoms with van der Waals surface area (Å²) in [6.07, 6.45) is 0. The molecule has 35 heavy (non-hydrogen) atoms. The Morgan fingerprint density at radius 3 is 2.11 bits per heavy atom. The molecule has 0 aliphatic heterocycles. The van der Waals surface area contributed by atoms with Crippen LogP contribution in [0.3, 0.4) is 0 Å². The van der Waals surface area contributed by atoms with E-state index in [0.29, 0.717) is 30.5 Å². The molecule has 1 aromatic heterocycles. The predicted octanol–water partition coefficient (Wildman–Crippen LogP) is 6.17. The fraction of sp³-hybridized carbons (Fsp3) is 0.241. The summed E-state index contributed by atoms with van der Waals surface area (Å²) >= 11 is 0. The molecular formula is C29H31N3O3. The van der Waals surface area contributed by atoms with Crippen molar-refractivity contribution in [2.75, 3.05) is 7.11 Å². The maximum Gasteiger partial charge on any atom is 0.228 e. The van der Waals surface area contributed by atoms with Crippen LogP contribution in [0.2, 0.25) is 0 Å². The lowest BCUT2D eigenvalue weighted by Gasteiger charge is -2.25.